The van der Waals surface area contributed by atoms with Gasteiger partial charge in [0.1, 0.15) is 0 Å². The molecular formula is C18H28N2O3S. The second kappa shape index (κ2) is 8.12. The molecule has 0 aromatic heterocycles. The standard InChI is InChI=1S/C18H28N2O3S/c1-13-5-4-6-16(11-13)20-18(21)9-10-19-24(22,23)17-8-7-14(2)15(3)12-17/h7-8,12-13,16,19H,4-6,9-11H2,1-3H3,(H,20,21). The smallest absolute Gasteiger partial charge is 0.240 e. The minimum Gasteiger partial charge on any atom is -0.353 e. The third kappa shape index (κ3) is 5.31. The summed E-state index contributed by atoms with van der Waals surface area (Å²) in [5.74, 6) is 0.559. The number of hydrogen-bond acceptors (Lipinski definition) is 3. The lowest BCUT2D eigenvalue weighted by atomic mass is 9.87. The Morgan fingerprint density at radius 1 is 1.21 bits per heavy atom. The fourth-order valence-electron chi connectivity index (χ4n) is 3.13. The van der Waals surface area contributed by atoms with Gasteiger partial charge in [0.2, 0.25) is 15.9 Å². The molecule has 1 fully saturated rings. The summed E-state index contributed by atoms with van der Waals surface area (Å²) in [5.41, 5.74) is 1.98. The van der Waals surface area contributed by atoms with Crippen molar-refractivity contribution in [2.75, 3.05) is 6.54 Å². The van der Waals surface area contributed by atoms with Crippen LogP contribution < -0.4 is 10.0 Å². The van der Waals surface area contributed by atoms with Crippen LogP contribution in [0.1, 0.15) is 50.2 Å². The Kier molecular flexibility index (Phi) is 6.40. The van der Waals surface area contributed by atoms with Gasteiger partial charge in [0, 0.05) is 19.0 Å². The second-order valence-corrected chi connectivity index (χ2v) is 8.70. The molecule has 1 saturated carbocycles. The molecule has 24 heavy (non-hydrogen) atoms. The van der Waals surface area contributed by atoms with E-state index in [9.17, 15) is 13.2 Å². The molecule has 2 unspecified atom stereocenters. The minimum absolute atomic E-state index is 0.0862. The largest absolute Gasteiger partial charge is 0.353 e. The first-order valence-electron chi connectivity index (χ1n) is 8.64. The molecule has 5 nitrogen and oxygen atoms in total. The molecule has 0 spiro atoms. The number of hydrogen-bond donors (Lipinski definition) is 2. The average Bonchev–Trinajstić information content (AvgIpc) is 2.49. The van der Waals surface area contributed by atoms with Gasteiger partial charge in [0.05, 0.1) is 4.90 Å². The van der Waals surface area contributed by atoms with E-state index in [4.69, 9.17) is 0 Å². The van der Waals surface area contributed by atoms with E-state index in [1.165, 1.54) is 6.42 Å². The molecular weight excluding hydrogens is 324 g/mol. The second-order valence-electron chi connectivity index (χ2n) is 6.93. The van der Waals surface area contributed by atoms with Crippen LogP contribution in [-0.4, -0.2) is 26.9 Å². The molecule has 2 N–H and O–H groups in total. The summed E-state index contributed by atoms with van der Waals surface area (Å²) in [6.07, 6.45) is 4.56. The van der Waals surface area contributed by atoms with Crippen molar-refractivity contribution in [3.8, 4) is 0 Å². The molecule has 2 atom stereocenters. The lowest BCUT2D eigenvalue weighted by Crippen LogP contribution is -2.39. The Hall–Kier alpha value is -1.40. The number of aryl methyl sites for hydroxylation is 2. The Balaban J connectivity index is 1.81. The van der Waals surface area contributed by atoms with E-state index in [1.54, 1.807) is 18.2 Å². The fourth-order valence-corrected chi connectivity index (χ4v) is 4.24. The summed E-state index contributed by atoms with van der Waals surface area (Å²) in [6, 6.07) is 5.27. The van der Waals surface area contributed by atoms with E-state index >= 15 is 0 Å². The first-order valence-corrected chi connectivity index (χ1v) is 10.1. The van der Waals surface area contributed by atoms with Gasteiger partial charge < -0.3 is 5.32 Å². The number of carbonyl (C=O) groups excluding carboxylic acids is 1. The van der Waals surface area contributed by atoms with Gasteiger partial charge in [-0.05, 0) is 55.9 Å². The van der Waals surface area contributed by atoms with Crippen LogP contribution in [0.25, 0.3) is 0 Å². The summed E-state index contributed by atoms with van der Waals surface area (Å²) < 4.78 is 27.0. The highest BCUT2D eigenvalue weighted by molar-refractivity contribution is 7.89. The first kappa shape index (κ1) is 18.9. The molecule has 2 rings (SSSR count). The SMILES string of the molecule is Cc1ccc(S(=O)(=O)NCCC(=O)NC2CCCC(C)C2)cc1C. The van der Waals surface area contributed by atoms with Crippen LogP contribution in [-0.2, 0) is 14.8 Å². The summed E-state index contributed by atoms with van der Waals surface area (Å²) >= 11 is 0. The van der Waals surface area contributed by atoms with Crippen LogP contribution in [0.15, 0.2) is 23.1 Å². The highest BCUT2D eigenvalue weighted by atomic mass is 32.2. The molecule has 0 heterocycles. The van der Waals surface area contributed by atoms with Gasteiger partial charge in [-0.2, -0.15) is 0 Å². The summed E-state index contributed by atoms with van der Waals surface area (Å²) in [7, 11) is -3.57. The number of carbonyl (C=O) groups is 1. The normalized spacial score (nSPS) is 21.5. The van der Waals surface area contributed by atoms with Crippen molar-refractivity contribution in [1.82, 2.24) is 10.0 Å². The fraction of sp³-hybridized carbons (Fsp3) is 0.611. The van der Waals surface area contributed by atoms with Gasteiger partial charge in [0.25, 0.3) is 0 Å². The zero-order valence-electron chi connectivity index (χ0n) is 14.8. The van der Waals surface area contributed by atoms with Crippen LogP contribution >= 0.6 is 0 Å². The summed E-state index contributed by atoms with van der Waals surface area (Å²) in [4.78, 5) is 12.2. The monoisotopic (exact) mass is 352 g/mol. The Morgan fingerprint density at radius 2 is 1.96 bits per heavy atom. The van der Waals surface area contributed by atoms with Gasteiger partial charge in [-0.3, -0.25) is 4.79 Å². The average molecular weight is 353 g/mol. The van der Waals surface area contributed by atoms with Crippen LogP contribution in [0.2, 0.25) is 0 Å². The van der Waals surface area contributed by atoms with Crippen LogP contribution in [0.3, 0.4) is 0 Å². The van der Waals surface area contributed by atoms with E-state index in [1.807, 2.05) is 13.8 Å². The van der Waals surface area contributed by atoms with E-state index < -0.39 is 10.0 Å². The van der Waals surface area contributed by atoms with Gasteiger partial charge in [-0.15, -0.1) is 0 Å². The Morgan fingerprint density at radius 3 is 2.62 bits per heavy atom. The van der Waals surface area contributed by atoms with Crippen molar-refractivity contribution in [3.63, 3.8) is 0 Å². The molecule has 1 aromatic carbocycles. The molecule has 0 saturated heterocycles. The lowest BCUT2D eigenvalue weighted by molar-refractivity contribution is -0.121. The van der Waals surface area contributed by atoms with Gasteiger partial charge >= 0.3 is 0 Å². The van der Waals surface area contributed by atoms with E-state index in [2.05, 4.69) is 17.0 Å². The predicted octanol–water partition coefficient (Wildman–Crippen LogP) is 2.67. The zero-order valence-corrected chi connectivity index (χ0v) is 15.6. The number of rotatable bonds is 6. The molecule has 1 aromatic rings. The van der Waals surface area contributed by atoms with Crippen LogP contribution in [0, 0.1) is 19.8 Å². The van der Waals surface area contributed by atoms with Crippen LogP contribution in [0.4, 0.5) is 0 Å². The van der Waals surface area contributed by atoms with Crippen molar-refractivity contribution in [3.05, 3.63) is 29.3 Å². The van der Waals surface area contributed by atoms with Crippen molar-refractivity contribution < 1.29 is 13.2 Å². The third-order valence-electron chi connectivity index (χ3n) is 4.73. The Labute approximate surface area is 145 Å². The van der Waals surface area contributed by atoms with Crippen molar-refractivity contribution in [2.24, 2.45) is 5.92 Å². The molecule has 6 heteroatoms. The maximum Gasteiger partial charge on any atom is 0.240 e. The van der Waals surface area contributed by atoms with Crippen molar-refractivity contribution in [2.45, 2.75) is 63.8 Å². The molecule has 0 aliphatic heterocycles. The quantitative estimate of drug-likeness (QED) is 0.826. The highest BCUT2D eigenvalue weighted by Crippen LogP contribution is 2.23. The minimum atomic E-state index is -3.57. The Bertz CT molecular complexity index is 686. The maximum atomic E-state index is 12.3. The molecule has 0 bridgehead atoms. The van der Waals surface area contributed by atoms with Gasteiger partial charge in [0.15, 0.2) is 0 Å². The molecule has 1 aliphatic rings. The van der Waals surface area contributed by atoms with Crippen molar-refractivity contribution >= 4 is 15.9 Å². The van der Waals surface area contributed by atoms with E-state index in [0.717, 1.165) is 30.4 Å². The van der Waals surface area contributed by atoms with Gasteiger partial charge in [-0.25, -0.2) is 13.1 Å². The molecule has 1 aliphatic carbocycles. The topological polar surface area (TPSA) is 75.3 Å². The highest BCUT2D eigenvalue weighted by Gasteiger charge is 2.20. The van der Waals surface area contributed by atoms with E-state index in [-0.39, 0.29) is 29.8 Å². The number of nitrogens with one attached hydrogen (secondary N) is 2. The summed E-state index contributed by atoms with van der Waals surface area (Å²) in [5, 5.41) is 3.02. The number of amides is 1. The molecule has 134 valence electrons. The molecule has 1 amide bonds. The predicted molar refractivity (Wildman–Crippen MR) is 95.3 cm³/mol. The number of sulfonamides is 1. The maximum absolute atomic E-state index is 12.3. The van der Waals surface area contributed by atoms with Crippen molar-refractivity contribution in [1.29, 1.82) is 0 Å². The van der Waals surface area contributed by atoms with Gasteiger partial charge in [-0.1, -0.05) is 25.8 Å². The van der Waals surface area contributed by atoms with E-state index in [0.29, 0.717) is 5.92 Å². The summed E-state index contributed by atoms with van der Waals surface area (Å²) in [6.45, 7) is 6.14. The third-order valence-corrected chi connectivity index (χ3v) is 6.19. The number of benzene rings is 1. The lowest BCUT2D eigenvalue weighted by Gasteiger charge is -2.27. The molecule has 0 radical (unpaired) electrons. The first-order chi connectivity index (χ1) is 11.3. The zero-order chi connectivity index (χ0) is 17.7. The van der Waals surface area contributed by atoms with Crippen LogP contribution in [0.5, 0.6) is 0 Å².